The largest absolute Gasteiger partial charge is 0.460 e. The second-order valence-corrected chi connectivity index (χ2v) is 7.48. The zero-order valence-corrected chi connectivity index (χ0v) is 15.7. The normalized spacial score (nSPS) is 11.5. The first-order chi connectivity index (χ1) is 13.1. The SMILES string of the molecule is Cc1ccc(-c2nc3[nH]ccc(=O)c3cc2-c2cc(Cl)c3ncsc3c2)o1. The van der Waals surface area contributed by atoms with Gasteiger partial charge in [0.05, 0.1) is 26.1 Å². The van der Waals surface area contributed by atoms with Crippen LogP contribution >= 0.6 is 22.9 Å². The van der Waals surface area contributed by atoms with Gasteiger partial charge in [-0.15, -0.1) is 11.3 Å². The van der Waals surface area contributed by atoms with Gasteiger partial charge >= 0.3 is 0 Å². The molecule has 4 aromatic heterocycles. The Morgan fingerprint density at radius 2 is 2.07 bits per heavy atom. The standard InChI is InChI=1S/C20H12ClN3O2S/c1-10-2-3-16(26-10)18-12(8-13-15(25)4-5-22-20(13)24-18)11-6-14(21)19-17(7-11)27-9-23-19/h2-9H,1H3,(H,22,24,25). The van der Waals surface area contributed by atoms with Crippen molar-refractivity contribution >= 4 is 44.2 Å². The fourth-order valence-corrected chi connectivity index (χ4v) is 4.21. The molecule has 0 unspecified atom stereocenters. The Kier molecular flexibility index (Phi) is 3.63. The van der Waals surface area contributed by atoms with Crippen molar-refractivity contribution in [3.63, 3.8) is 0 Å². The highest BCUT2D eigenvalue weighted by Gasteiger charge is 2.17. The lowest BCUT2D eigenvalue weighted by atomic mass is 10.0. The molecule has 0 radical (unpaired) electrons. The highest BCUT2D eigenvalue weighted by molar-refractivity contribution is 7.16. The van der Waals surface area contributed by atoms with Gasteiger partial charge in [-0.2, -0.15) is 0 Å². The molecular formula is C20H12ClN3O2S. The summed E-state index contributed by atoms with van der Waals surface area (Å²) >= 11 is 7.95. The van der Waals surface area contributed by atoms with E-state index < -0.39 is 0 Å². The summed E-state index contributed by atoms with van der Waals surface area (Å²) in [6.45, 7) is 1.88. The molecule has 0 fully saturated rings. The van der Waals surface area contributed by atoms with E-state index in [-0.39, 0.29) is 5.43 Å². The summed E-state index contributed by atoms with van der Waals surface area (Å²) in [6, 6.07) is 11.0. The molecule has 1 aromatic carbocycles. The Morgan fingerprint density at radius 1 is 1.19 bits per heavy atom. The van der Waals surface area contributed by atoms with Crippen molar-refractivity contribution < 1.29 is 4.42 Å². The van der Waals surface area contributed by atoms with Crippen LogP contribution in [0.1, 0.15) is 5.76 Å². The van der Waals surface area contributed by atoms with Crippen LogP contribution in [0, 0.1) is 6.92 Å². The summed E-state index contributed by atoms with van der Waals surface area (Å²) < 4.78 is 6.79. The van der Waals surface area contributed by atoms with Gasteiger partial charge in [-0.05, 0) is 42.8 Å². The van der Waals surface area contributed by atoms with E-state index in [2.05, 4.69) is 15.0 Å². The van der Waals surface area contributed by atoms with Crippen LogP contribution < -0.4 is 5.43 Å². The number of aromatic nitrogens is 3. The molecule has 132 valence electrons. The van der Waals surface area contributed by atoms with Crippen LogP contribution in [0.4, 0.5) is 0 Å². The van der Waals surface area contributed by atoms with Crippen LogP contribution in [-0.2, 0) is 0 Å². The van der Waals surface area contributed by atoms with Crippen molar-refractivity contribution in [2.24, 2.45) is 0 Å². The Hall–Kier alpha value is -2.96. The Bertz CT molecular complexity index is 1380. The molecule has 0 saturated heterocycles. The lowest BCUT2D eigenvalue weighted by Crippen LogP contribution is -2.03. The van der Waals surface area contributed by atoms with Crippen LogP contribution in [0.25, 0.3) is 43.8 Å². The number of benzene rings is 1. The molecule has 27 heavy (non-hydrogen) atoms. The minimum Gasteiger partial charge on any atom is -0.460 e. The number of rotatable bonds is 2. The Labute approximate surface area is 162 Å². The molecule has 5 aromatic rings. The summed E-state index contributed by atoms with van der Waals surface area (Å²) in [5.41, 5.74) is 5.25. The average Bonchev–Trinajstić information content (AvgIpc) is 3.30. The number of hydrogen-bond acceptors (Lipinski definition) is 5. The quantitative estimate of drug-likeness (QED) is 0.434. The van der Waals surface area contributed by atoms with Gasteiger partial charge < -0.3 is 9.40 Å². The van der Waals surface area contributed by atoms with E-state index in [1.807, 2.05) is 37.3 Å². The fourth-order valence-electron chi connectivity index (χ4n) is 3.15. The van der Waals surface area contributed by atoms with Gasteiger partial charge in [0.25, 0.3) is 0 Å². The lowest BCUT2D eigenvalue weighted by molar-refractivity contribution is 0.547. The maximum Gasteiger partial charge on any atom is 0.191 e. The van der Waals surface area contributed by atoms with Crippen molar-refractivity contribution in [3.8, 4) is 22.6 Å². The second-order valence-electron chi connectivity index (χ2n) is 6.19. The number of H-pyrrole nitrogens is 1. The van der Waals surface area contributed by atoms with Crippen LogP contribution in [0.15, 0.2) is 57.3 Å². The molecule has 1 N–H and O–H groups in total. The summed E-state index contributed by atoms with van der Waals surface area (Å²) in [5.74, 6) is 1.42. The first kappa shape index (κ1) is 16.2. The predicted molar refractivity (Wildman–Crippen MR) is 108 cm³/mol. The fraction of sp³-hybridized carbons (Fsp3) is 0.0500. The van der Waals surface area contributed by atoms with Gasteiger partial charge in [-0.1, -0.05) is 11.6 Å². The van der Waals surface area contributed by atoms with E-state index in [4.69, 9.17) is 16.0 Å². The number of furan rings is 1. The van der Waals surface area contributed by atoms with Gasteiger partial charge in [0.2, 0.25) is 0 Å². The molecule has 0 bridgehead atoms. The highest BCUT2D eigenvalue weighted by atomic mass is 35.5. The molecule has 0 atom stereocenters. The van der Waals surface area contributed by atoms with Crippen molar-refractivity contribution in [1.82, 2.24) is 15.0 Å². The molecule has 0 aliphatic heterocycles. The topological polar surface area (TPSA) is 71.8 Å². The number of thiazole rings is 1. The minimum atomic E-state index is -0.0929. The van der Waals surface area contributed by atoms with Gasteiger partial charge in [0.15, 0.2) is 11.2 Å². The van der Waals surface area contributed by atoms with Gasteiger partial charge in [-0.3, -0.25) is 4.79 Å². The van der Waals surface area contributed by atoms with E-state index >= 15 is 0 Å². The highest BCUT2D eigenvalue weighted by Crippen LogP contribution is 2.37. The van der Waals surface area contributed by atoms with E-state index in [0.29, 0.717) is 27.5 Å². The maximum absolute atomic E-state index is 12.3. The Morgan fingerprint density at radius 3 is 2.89 bits per heavy atom. The molecule has 0 aliphatic rings. The van der Waals surface area contributed by atoms with Gasteiger partial charge in [0.1, 0.15) is 17.1 Å². The number of fused-ring (bicyclic) bond motifs is 2. The van der Waals surface area contributed by atoms with Crippen LogP contribution in [0.5, 0.6) is 0 Å². The lowest BCUT2D eigenvalue weighted by Gasteiger charge is -2.10. The predicted octanol–water partition coefficient (Wildman–Crippen LogP) is 5.42. The molecule has 0 saturated carbocycles. The van der Waals surface area contributed by atoms with E-state index in [1.165, 1.54) is 17.4 Å². The van der Waals surface area contributed by atoms with Crippen LogP contribution in [0.3, 0.4) is 0 Å². The van der Waals surface area contributed by atoms with Crippen molar-refractivity contribution in [3.05, 3.63) is 69.1 Å². The second kappa shape index (κ2) is 6.04. The minimum absolute atomic E-state index is 0.0929. The van der Waals surface area contributed by atoms with Gasteiger partial charge in [0, 0.05) is 17.8 Å². The third-order valence-electron chi connectivity index (χ3n) is 4.42. The maximum atomic E-state index is 12.3. The van der Waals surface area contributed by atoms with Gasteiger partial charge in [-0.25, -0.2) is 9.97 Å². The van der Waals surface area contributed by atoms with Crippen molar-refractivity contribution in [1.29, 1.82) is 0 Å². The number of nitrogens with zero attached hydrogens (tertiary/aromatic N) is 2. The van der Waals surface area contributed by atoms with Crippen molar-refractivity contribution in [2.75, 3.05) is 0 Å². The molecule has 0 amide bonds. The zero-order chi connectivity index (χ0) is 18.5. The molecule has 0 aliphatic carbocycles. The zero-order valence-electron chi connectivity index (χ0n) is 14.1. The molecule has 5 nitrogen and oxygen atoms in total. The number of hydrogen-bond donors (Lipinski definition) is 1. The van der Waals surface area contributed by atoms with Crippen molar-refractivity contribution in [2.45, 2.75) is 6.92 Å². The van der Waals surface area contributed by atoms with E-state index in [9.17, 15) is 4.79 Å². The summed E-state index contributed by atoms with van der Waals surface area (Å²) in [6.07, 6.45) is 1.59. The summed E-state index contributed by atoms with van der Waals surface area (Å²) in [5, 5.41) is 1.08. The summed E-state index contributed by atoms with van der Waals surface area (Å²) in [7, 11) is 0. The molecule has 7 heteroatoms. The molecule has 0 spiro atoms. The number of aromatic amines is 1. The first-order valence-corrected chi connectivity index (χ1v) is 9.48. The number of nitrogens with one attached hydrogen (secondary N) is 1. The number of pyridine rings is 2. The van der Waals surface area contributed by atoms with Crippen LogP contribution in [0.2, 0.25) is 5.02 Å². The number of aryl methyl sites for hydroxylation is 1. The van der Waals surface area contributed by atoms with E-state index in [1.54, 1.807) is 11.7 Å². The molecular weight excluding hydrogens is 382 g/mol. The first-order valence-electron chi connectivity index (χ1n) is 8.22. The Balaban J connectivity index is 1.88. The number of halogens is 1. The smallest absolute Gasteiger partial charge is 0.191 e. The molecule has 5 rings (SSSR count). The van der Waals surface area contributed by atoms with E-state index in [0.717, 1.165) is 27.1 Å². The third kappa shape index (κ3) is 2.65. The van der Waals surface area contributed by atoms with Crippen LogP contribution in [-0.4, -0.2) is 15.0 Å². The average molecular weight is 394 g/mol. The summed E-state index contributed by atoms with van der Waals surface area (Å²) in [4.78, 5) is 24.4. The monoisotopic (exact) mass is 393 g/mol. The molecule has 4 heterocycles. The third-order valence-corrected chi connectivity index (χ3v) is 5.48.